The Bertz CT molecular complexity index is 1030. The molecule has 7 heteroatoms. The maximum Gasteiger partial charge on any atom is 0.326 e. The molecule has 0 radical (unpaired) electrons. The lowest BCUT2D eigenvalue weighted by atomic mass is 10.0. The molecule has 0 spiro atoms. The number of piperidine rings is 1. The Kier molecular flexibility index (Phi) is 5.13. The zero-order valence-electron chi connectivity index (χ0n) is 15.6. The Morgan fingerprint density at radius 1 is 1.14 bits per heavy atom. The molecular formula is C21H22ClN3O3. The van der Waals surface area contributed by atoms with E-state index >= 15 is 0 Å². The topological polar surface area (TPSA) is 67.3 Å². The van der Waals surface area contributed by atoms with Crippen LogP contribution in [0.15, 0.2) is 53.3 Å². The van der Waals surface area contributed by atoms with Crippen LogP contribution in [0.4, 0.5) is 0 Å². The molecule has 1 amide bonds. The molecular weight excluding hydrogens is 378 g/mol. The van der Waals surface area contributed by atoms with Gasteiger partial charge in [0.25, 0.3) is 5.91 Å². The summed E-state index contributed by atoms with van der Waals surface area (Å²) in [6, 6.07) is 14.8. The van der Waals surface area contributed by atoms with Gasteiger partial charge in [0.2, 0.25) is 0 Å². The van der Waals surface area contributed by atoms with Crippen LogP contribution < -0.4 is 10.4 Å². The fraction of sp³-hybridized carbons (Fsp3) is 0.333. The van der Waals surface area contributed by atoms with Crippen molar-refractivity contribution < 1.29 is 9.53 Å². The van der Waals surface area contributed by atoms with E-state index in [1.54, 1.807) is 31.2 Å². The first-order chi connectivity index (χ1) is 13.5. The summed E-state index contributed by atoms with van der Waals surface area (Å²) < 4.78 is 7.57. The number of imidazole rings is 1. The fourth-order valence-corrected chi connectivity index (χ4v) is 3.93. The molecule has 0 bridgehead atoms. The maximum absolute atomic E-state index is 12.7. The Labute approximate surface area is 167 Å². The minimum Gasteiger partial charge on any atom is -0.481 e. The van der Waals surface area contributed by atoms with Crippen molar-refractivity contribution in [3.8, 4) is 5.75 Å². The van der Waals surface area contributed by atoms with E-state index in [1.807, 2.05) is 33.7 Å². The highest BCUT2D eigenvalue weighted by Crippen LogP contribution is 2.25. The lowest BCUT2D eigenvalue weighted by Crippen LogP contribution is -2.45. The maximum atomic E-state index is 12.7. The number of likely N-dealkylation sites (tertiary alicyclic amines) is 1. The number of aromatic amines is 1. The first kappa shape index (κ1) is 18.6. The number of rotatable bonds is 4. The number of ether oxygens (including phenoxy) is 1. The standard InChI is InChI=1S/C21H22ClN3O3/c1-14(28-17-8-6-15(22)7-9-17)20(26)24-12-10-16(11-13-24)25-19-5-3-2-4-18(19)23-21(25)27/h2-9,14,16H,10-13H2,1H3,(H,23,27)/t14-/m0/s1. The van der Waals surface area contributed by atoms with Crippen LogP contribution in [0.2, 0.25) is 5.02 Å². The highest BCUT2D eigenvalue weighted by atomic mass is 35.5. The van der Waals surface area contributed by atoms with Gasteiger partial charge >= 0.3 is 5.69 Å². The van der Waals surface area contributed by atoms with Crippen molar-refractivity contribution in [3.63, 3.8) is 0 Å². The number of fused-ring (bicyclic) bond motifs is 1. The number of benzene rings is 2. The first-order valence-electron chi connectivity index (χ1n) is 9.43. The zero-order chi connectivity index (χ0) is 19.7. The van der Waals surface area contributed by atoms with E-state index in [0.717, 1.165) is 23.9 Å². The van der Waals surface area contributed by atoms with Gasteiger partial charge in [0.1, 0.15) is 5.75 Å². The van der Waals surface area contributed by atoms with E-state index in [-0.39, 0.29) is 17.6 Å². The van der Waals surface area contributed by atoms with Crippen molar-refractivity contribution in [2.24, 2.45) is 0 Å². The molecule has 0 unspecified atom stereocenters. The summed E-state index contributed by atoms with van der Waals surface area (Å²) in [6.07, 6.45) is 0.899. The quantitative estimate of drug-likeness (QED) is 0.728. The van der Waals surface area contributed by atoms with Crippen molar-refractivity contribution in [2.45, 2.75) is 31.9 Å². The summed E-state index contributed by atoms with van der Waals surface area (Å²) in [5.74, 6) is 0.574. The van der Waals surface area contributed by atoms with E-state index in [4.69, 9.17) is 16.3 Å². The van der Waals surface area contributed by atoms with Crippen molar-refractivity contribution in [3.05, 3.63) is 64.0 Å². The number of carbonyl (C=O) groups is 1. The monoisotopic (exact) mass is 399 g/mol. The van der Waals surface area contributed by atoms with Gasteiger partial charge in [0, 0.05) is 24.2 Å². The number of carbonyl (C=O) groups excluding carboxylic acids is 1. The van der Waals surface area contributed by atoms with E-state index in [2.05, 4.69) is 4.98 Å². The number of halogens is 1. The minimum atomic E-state index is -0.575. The molecule has 1 N–H and O–H groups in total. The van der Waals surface area contributed by atoms with Crippen molar-refractivity contribution in [1.29, 1.82) is 0 Å². The van der Waals surface area contributed by atoms with Gasteiger partial charge in [-0.15, -0.1) is 0 Å². The lowest BCUT2D eigenvalue weighted by Gasteiger charge is -2.34. The van der Waals surface area contributed by atoms with Gasteiger partial charge in [-0.2, -0.15) is 0 Å². The van der Waals surface area contributed by atoms with E-state index < -0.39 is 6.10 Å². The number of hydrogen-bond donors (Lipinski definition) is 1. The Morgan fingerprint density at radius 2 is 1.82 bits per heavy atom. The van der Waals surface area contributed by atoms with Gasteiger partial charge in [0.05, 0.1) is 11.0 Å². The highest BCUT2D eigenvalue weighted by molar-refractivity contribution is 6.30. The predicted octanol–water partition coefficient (Wildman–Crippen LogP) is 3.61. The SMILES string of the molecule is C[C@H](Oc1ccc(Cl)cc1)C(=O)N1CCC(n2c(=O)[nH]c3ccccc32)CC1. The van der Waals surface area contributed by atoms with E-state index in [1.165, 1.54) is 0 Å². The van der Waals surface area contributed by atoms with Crippen LogP contribution in [-0.4, -0.2) is 39.6 Å². The third-order valence-corrected chi connectivity index (χ3v) is 5.49. The summed E-state index contributed by atoms with van der Waals surface area (Å²) in [5, 5.41) is 0.626. The van der Waals surface area contributed by atoms with Crippen LogP contribution >= 0.6 is 11.6 Å². The molecule has 1 fully saturated rings. The average Bonchev–Trinajstić information content (AvgIpc) is 3.05. The predicted molar refractivity (Wildman–Crippen MR) is 109 cm³/mol. The third kappa shape index (κ3) is 3.64. The zero-order valence-corrected chi connectivity index (χ0v) is 16.4. The molecule has 146 valence electrons. The Hall–Kier alpha value is -2.73. The molecule has 2 aromatic carbocycles. The number of aromatic nitrogens is 2. The second-order valence-corrected chi connectivity index (χ2v) is 7.52. The normalized spacial score (nSPS) is 16.3. The molecule has 28 heavy (non-hydrogen) atoms. The van der Waals surface area contributed by atoms with Crippen LogP contribution in [-0.2, 0) is 4.79 Å². The lowest BCUT2D eigenvalue weighted by molar-refractivity contribution is -0.139. The van der Waals surface area contributed by atoms with Crippen molar-refractivity contribution in [1.82, 2.24) is 14.5 Å². The number of para-hydroxylation sites is 2. The van der Waals surface area contributed by atoms with Gasteiger partial charge in [0.15, 0.2) is 6.10 Å². The van der Waals surface area contributed by atoms with Crippen molar-refractivity contribution in [2.75, 3.05) is 13.1 Å². The fourth-order valence-electron chi connectivity index (χ4n) is 3.81. The molecule has 1 aliphatic rings. The van der Waals surface area contributed by atoms with Gasteiger partial charge < -0.3 is 14.6 Å². The van der Waals surface area contributed by atoms with Gasteiger partial charge in [-0.3, -0.25) is 9.36 Å². The summed E-state index contributed by atoms with van der Waals surface area (Å²) >= 11 is 5.88. The second-order valence-electron chi connectivity index (χ2n) is 7.09. The molecule has 1 saturated heterocycles. The number of nitrogens with one attached hydrogen (secondary N) is 1. The van der Waals surface area contributed by atoms with Crippen LogP contribution in [0.1, 0.15) is 25.8 Å². The summed E-state index contributed by atoms with van der Waals surface area (Å²) in [5.41, 5.74) is 1.66. The summed E-state index contributed by atoms with van der Waals surface area (Å²) in [4.78, 5) is 29.8. The molecule has 1 aliphatic heterocycles. The van der Waals surface area contributed by atoms with Crippen LogP contribution in [0.5, 0.6) is 5.75 Å². The molecule has 3 aromatic rings. The van der Waals surface area contributed by atoms with Gasteiger partial charge in [-0.1, -0.05) is 23.7 Å². The van der Waals surface area contributed by atoms with Crippen LogP contribution in [0, 0.1) is 0 Å². The highest BCUT2D eigenvalue weighted by Gasteiger charge is 2.29. The molecule has 4 rings (SSSR count). The second kappa shape index (κ2) is 7.72. The molecule has 6 nitrogen and oxygen atoms in total. The van der Waals surface area contributed by atoms with E-state index in [0.29, 0.717) is 23.9 Å². The minimum absolute atomic E-state index is 0.0420. The van der Waals surface area contributed by atoms with Gasteiger partial charge in [-0.05, 0) is 56.2 Å². The number of hydrogen-bond acceptors (Lipinski definition) is 3. The summed E-state index contributed by atoms with van der Waals surface area (Å²) in [7, 11) is 0. The van der Waals surface area contributed by atoms with Gasteiger partial charge in [-0.25, -0.2) is 4.79 Å². The number of H-pyrrole nitrogens is 1. The van der Waals surface area contributed by atoms with Crippen molar-refractivity contribution >= 4 is 28.5 Å². The molecule has 0 saturated carbocycles. The molecule has 0 aliphatic carbocycles. The summed E-state index contributed by atoms with van der Waals surface area (Å²) in [6.45, 7) is 2.96. The Balaban J connectivity index is 1.40. The van der Waals surface area contributed by atoms with E-state index in [9.17, 15) is 9.59 Å². The molecule has 1 aromatic heterocycles. The Morgan fingerprint density at radius 3 is 2.54 bits per heavy atom. The molecule has 2 heterocycles. The largest absolute Gasteiger partial charge is 0.481 e. The smallest absolute Gasteiger partial charge is 0.326 e. The van der Waals surface area contributed by atoms with Crippen LogP contribution in [0.25, 0.3) is 11.0 Å². The molecule has 1 atom stereocenters. The number of nitrogens with zero attached hydrogens (tertiary/aromatic N) is 2. The number of amides is 1. The third-order valence-electron chi connectivity index (χ3n) is 5.24. The first-order valence-corrected chi connectivity index (χ1v) is 9.81. The average molecular weight is 400 g/mol. The van der Waals surface area contributed by atoms with Crippen LogP contribution in [0.3, 0.4) is 0 Å².